The Kier molecular flexibility index (Phi) is 3.38. The molecule has 2 heterocycles. The highest BCUT2D eigenvalue weighted by Crippen LogP contribution is 2.19. The molecule has 0 spiro atoms. The van der Waals surface area contributed by atoms with Gasteiger partial charge in [-0.05, 0) is 28.1 Å². The van der Waals surface area contributed by atoms with Crippen molar-refractivity contribution in [2.75, 3.05) is 5.32 Å². The molecule has 2 aromatic rings. The van der Waals surface area contributed by atoms with E-state index in [1.807, 2.05) is 0 Å². The summed E-state index contributed by atoms with van der Waals surface area (Å²) in [7, 11) is 0. The van der Waals surface area contributed by atoms with Crippen LogP contribution in [-0.4, -0.2) is 31.9 Å². The lowest BCUT2D eigenvalue weighted by atomic mass is 10.3. The number of H-pyrrole nitrogens is 1. The van der Waals surface area contributed by atoms with Gasteiger partial charge in [-0.15, -0.1) is 0 Å². The number of nitrogens with zero attached hydrogens (tertiary/aromatic N) is 2. The van der Waals surface area contributed by atoms with Crippen molar-refractivity contribution in [3.8, 4) is 0 Å². The van der Waals surface area contributed by atoms with Gasteiger partial charge in [-0.3, -0.25) is 4.79 Å². The van der Waals surface area contributed by atoms with E-state index in [0.717, 1.165) is 6.33 Å². The second-order valence-electron chi connectivity index (χ2n) is 3.23. The Morgan fingerprint density at radius 1 is 1.39 bits per heavy atom. The Hall–Kier alpha value is -2.22. The molecule has 0 saturated carbocycles. The predicted octanol–water partition coefficient (Wildman–Crippen LogP) is 1.52. The number of amides is 1. The zero-order chi connectivity index (χ0) is 13.1. The quantitative estimate of drug-likeness (QED) is 0.745. The molecule has 8 heteroatoms. The third kappa shape index (κ3) is 2.38. The first-order valence-corrected chi connectivity index (χ1v) is 5.57. The van der Waals surface area contributed by atoms with E-state index in [0.29, 0.717) is 10.3 Å². The molecule has 3 N–H and O–H groups in total. The maximum absolute atomic E-state index is 11.8. The van der Waals surface area contributed by atoms with Crippen molar-refractivity contribution in [3.63, 3.8) is 0 Å². The van der Waals surface area contributed by atoms with Crippen LogP contribution in [0.3, 0.4) is 0 Å². The number of aromatic nitrogens is 3. The van der Waals surface area contributed by atoms with Crippen molar-refractivity contribution in [2.24, 2.45) is 0 Å². The highest BCUT2D eigenvalue weighted by molar-refractivity contribution is 9.10. The molecule has 0 saturated heterocycles. The fourth-order valence-electron chi connectivity index (χ4n) is 1.29. The van der Waals surface area contributed by atoms with E-state index in [2.05, 4.69) is 36.2 Å². The number of halogens is 1. The van der Waals surface area contributed by atoms with Crippen molar-refractivity contribution in [1.82, 2.24) is 15.0 Å². The van der Waals surface area contributed by atoms with E-state index in [-0.39, 0.29) is 11.4 Å². The Bertz CT molecular complexity index is 611. The van der Waals surface area contributed by atoms with Crippen LogP contribution in [0.5, 0.6) is 0 Å². The smallest absolute Gasteiger partial charge is 0.354 e. The van der Waals surface area contributed by atoms with Crippen molar-refractivity contribution >= 4 is 33.5 Å². The number of hydrogen-bond donors (Lipinski definition) is 3. The molecule has 0 atom stereocenters. The van der Waals surface area contributed by atoms with Gasteiger partial charge < -0.3 is 15.4 Å². The fraction of sp³-hybridized carbons (Fsp3) is 0. The fourth-order valence-corrected chi connectivity index (χ4v) is 1.64. The highest BCUT2D eigenvalue weighted by atomic mass is 79.9. The first-order chi connectivity index (χ1) is 8.59. The molecule has 0 aliphatic rings. The van der Waals surface area contributed by atoms with Crippen molar-refractivity contribution < 1.29 is 14.7 Å². The number of nitrogens with one attached hydrogen (secondary N) is 2. The van der Waals surface area contributed by atoms with E-state index in [1.54, 1.807) is 18.3 Å². The van der Waals surface area contributed by atoms with Gasteiger partial charge in [0, 0.05) is 6.20 Å². The lowest BCUT2D eigenvalue weighted by Crippen LogP contribution is -2.17. The first kappa shape index (κ1) is 12.2. The van der Waals surface area contributed by atoms with Gasteiger partial charge in [0.15, 0.2) is 11.4 Å². The Balaban J connectivity index is 2.25. The Morgan fingerprint density at radius 2 is 2.17 bits per heavy atom. The number of anilines is 1. The Morgan fingerprint density at radius 3 is 2.83 bits per heavy atom. The monoisotopic (exact) mass is 310 g/mol. The first-order valence-electron chi connectivity index (χ1n) is 4.78. The van der Waals surface area contributed by atoms with E-state index < -0.39 is 11.9 Å². The van der Waals surface area contributed by atoms with Gasteiger partial charge in [0.05, 0.1) is 12.0 Å². The van der Waals surface area contributed by atoms with Crippen LogP contribution < -0.4 is 5.32 Å². The summed E-state index contributed by atoms with van der Waals surface area (Å²) in [6.45, 7) is 0. The summed E-state index contributed by atoms with van der Waals surface area (Å²) in [5.74, 6) is -1.87. The average Bonchev–Trinajstić information content (AvgIpc) is 2.81. The van der Waals surface area contributed by atoms with Crippen LogP contribution in [0.15, 0.2) is 29.3 Å². The summed E-state index contributed by atoms with van der Waals surface area (Å²) in [4.78, 5) is 32.7. The summed E-state index contributed by atoms with van der Waals surface area (Å²) in [6, 6.07) is 3.27. The minimum atomic E-state index is -1.25. The number of hydrogen-bond acceptors (Lipinski definition) is 4. The third-order valence-electron chi connectivity index (χ3n) is 2.08. The van der Waals surface area contributed by atoms with Gasteiger partial charge in [-0.25, -0.2) is 14.8 Å². The molecule has 2 aromatic heterocycles. The second kappa shape index (κ2) is 4.96. The molecule has 7 nitrogen and oxygen atoms in total. The normalized spacial score (nSPS) is 10.1. The maximum atomic E-state index is 11.8. The van der Waals surface area contributed by atoms with Gasteiger partial charge in [0.25, 0.3) is 5.91 Å². The lowest BCUT2D eigenvalue weighted by Gasteiger charge is -2.04. The lowest BCUT2D eigenvalue weighted by molar-refractivity contribution is 0.0686. The molecular formula is C10H7BrN4O3. The standard InChI is InChI=1S/C10H7BrN4O3/c11-8-5(2-1-3-12-8)15-9(16)6-7(10(17)18)14-4-13-6/h1-4H,(H,13,14)(H,15,16)(H,17,18). The third-order valence-corrected chi connectivity index (χ3v) is 2.71. The summed E-state index contributed by atoms with van der Waals surface area (Å²) in [5.41, 5.74) is -0.00685. The van der Waals surface area contributed by atoms with E-state index in [9.17, 15) is 9.59 Å². The second-order valence-corrected chi connectivity index (χ2v) is 3.98. The molecule has 18 heavy (non-hydrogen) atoms. The summed E-state index contributed by atoms with van der Waals surface area (Å²) in [5, 5.41) is 11.4. The van der Waals surface area contributed by atoms with Gasteiger partial charge in [-0.2, -0.15) is 0 Å². The minimum Gasteiger partial charge on any atom is -0.477 e. The molecule has 0 aromatic carbocycles. The molecule has 92 valence electrons. The molecule has 0 aliphatic carbocycles. The van der Waals surface area contributed by atoms with Crippen LogP contribution in [0.2, 0.25) is 0 Å². The number of carbonyl (C=O) groups is 2. The average molecular weight is 311 g/mol. The highest BCUT2D eigenvalue weighted by Gasteiger charge is 2.20. The molecule has 1 amide bonds. The van der Waals surface area contributed by atoms with Gasteiger partial charge in [-0.1, -0.05) is 0 Å². The summed E-state index contributed by atoms with van der Waals surface area (Å²) in [6.07, 6.45) is 2.70. The van der Waals surface area contributed by atoms with E-state index in [1.165, 1.54) is 0 Å². The zero-order valence-corrected chi connectivity index (χ0v) is 10.4. The number of aromatic amines is 1. The minimum absolute atomic E-state index is 0.182. The zero-order valence-electron chi connectivity index (χ0n) is 8.85. The van der Waals surface area contributed by atoms with Gasteiger partial charge in [0.1, 0.15) is 4.60 Å². The van der Waals surface area contributed by atoms with Crippen LogP contribution in [0.25, 0.3) is 0 Å². The van der Waals surface area contributed by atoms with E-state index >= 15 is 0 Å². The number of pyridine rings is 1. The van der Waals surface area contributed by atoms with Gasteiger partial charge in [0.2, 0.25) is 0 Å². The summed E-state index contributed by atoms with van der Waals surface area (Å²) >= 11 is 3.17. The largest absolute Gasteiger partial charge is 0.477 e. The topological polar surface area (TPSA) is 108 Å². The number of carbonyl (C=O) groups excluding carboxylic acids is 1. The van der Waals surface area contributed by atoms with Crippen LogP contribution in [-0.2, 0) is 0 Å². The van der Waals surface area contributed by atoms with Crippen molar-refractivity contribution in [2.45, 2.75) is 0 Å². The summed E-state index contributed by atoms with van der Waals surface area (Å²) < 4.78 is 0.450. The SMILES string of the molecule is O=C(Nc1cccnc1Br)c1nc[nH]c1C(=O)O. The van der Waals surface area contributed by atoms with Crippen molar-refractivity contribution in [1.29, 1.82) is 0 Å². The molecule has 0 bridgehead atoms. The van der Waals surface area contributed by atoms with Crippen LogP contribution in [0.1, 0.15) is 21.0 Å². The maximum Gasteiger partial charge on any atom is 0.354 e. The van der Waals surface area contributed by atoms with E-state index in [4.69, 9.17) is 5.11 Å². The molecule has 0 unspecified atom stereocenters. The number of rotatable bonds is 3. The molecular weight excluding hydrogens is 304 g/mol. The molecule has 0 radical (unpaired) electrons. The number of carboxylic acids is 1. The Labute approximate surface area is 109 Å². The van der Waals surface area contributed by atoms with Crippen LogP contribution >= 0.6 is 15.9 Å². The molecule has 0 aliphatic heterocycles. The number of aromatic carboxylic acids is 1. The molecule has 2 rings (SSSR count). The number of imidazole rings is 1. The molecule has 0 fully saturated rings. The number of carboxylic acid groups (broad SMARTS) is 1. The van der Waals surface area contributed by atoms with Crippen LogP contribution in [0.4, 0.5) is 5.69 Å². The van der Waals surface area contributed by atoms with Gasteiger partial charge >= 0.3 is 5.97 Å². The van der Waals surface area contributed by atoms with Crippen molar-refractivity contribution in [3.05, 3.63) is 40.6 Å². The van der Waals surface area contributed by atoms with Crippen LogP contribution in [0, 0.1) is 0 Å². The predicted molar refractivity (Wildman–Crippen MR) is 65.4 cm³/mol.